The molecule has 0 aliphatic carbocycles. The lowest BCUT2D eigenvalue weighted by molar-refractivity contribution is -0.143. The second-order valence-electron chi connectivity index (χ2n) is 6.18. The number of amides is 1. The average molecular weight is 395 g/mol. The van der Waals surface area contributed by atoms with Crippen LogP contribution >= 0.6 is 23.2 Å². The number of nitrogens with one attached hydrogen (secondary N) is 2. The quantitative estimate of drug-likeness (QED) is 0.645. The summed E-state index contributed by atoms with van der Waals surface area (Å²) in [6.45, 7) is 3.49. The number of halogens is 2. The van der Waals surface area contributed by atoms with Crippen molar-refractivity contribution in [1.82, 2.24) is 5.32 Å². The first kappa shape index (κ1) is 20.1. The van der Waals surface area contributed by atoms with Crippen LogP contribution < -0.4 is 10.6 Å². The van der Waals surface area contributed by atoms with Gasteiger partial charge in [-0.25, -0.2) is 4.79 Å². The van der Waals surface area contributed by atoms with E-state index in [-0.39, 0.29) is 18.2 Å². The van der Waals surface area contributed by atoms with E-state index >= 15 is 0 Å². The number of carboxylic acids is 1. The molecule has 0 radical (unpaired) electrons. The molecule has 138 valence electrons. The molecule has 0 aliphatic heterocycles. The first-order chi connectivity index (χ1) is 12.3. The Morgan fingerprint density at radius 1 is 1.04 bits per heavy atom. The monoisotopic (exact) mass is 394 g/mol. The van der Waals surface area contributed by atoms with Gasteiger partial charge < -0.3 is 15.7 Å². The van der Waals surface area contributed by atoms with Crippen molar-refractivity contribution in [3.05, 3.63) is 58.1 Å². The lowest BCUT2D eigenvalue weighted by Gasteiger charge is -2.19. The number of benzene rings is 2. The van der Waals surface area contributed by atoms with Crippen LogP contribution in [0.1, 0.15) is 19.4 Å². The molecule has 26 heavy (non-hydrogen) atoms. The molecule has 0 saturated carbocycles. The van der Waals surface area contributed by atoms with Crippen LogP contribution in [0.2, 0.25) is 10.0 Å². The molecule has 0 bridgehead atoms. The molecular formula is C19H20Cl2N2O3. The van der Waals surface area contributed by atoms with Crippen LogP contribution in [0, 0.1) is 5.92 Å². The molecule has 2 aromatic carbocycles. The third-order valence-electron chi connectivity index (χ3n) is 3.84. The number of carbonyl (C=O) groups excluding carboxylic acids is 1. The smallest absolute Gasteiger partial charge is 0.326 e. The molecule has 2 aromatic rings. The van der Waals surface area contributed by atoms with Crippen LogP contribution in [0.5, 0.6) is 0 Å². The fourth-order valence-electron chi connectivity index (χ4n) is 2.46. The fourth-order valence-corrected chi connectivity index (χ4v) is 2.95. The summed E-state index contributed by atoms with van der Waals surface area (Å²) in [6, 6.07) is 11.5. The second-order valence-corrected chi connectivity index (χ2v) is 7.00. The summed E-state index contributed by atoms with van der Waals surface area (Å²) in [7, 11) is 0. The van der Waals surface area contributed by atoms with Crippen LogP contribution in [0.25, 0.3) is 0 Å². The number of rotatable bonds is 7. The van der Waals surface area contributed by atoms with E-state index in [1.165, 1.54) is 0 Å². The van der Waals surface area contributed by atoms with Gasteiger partial charge in [0.1, 0.15) is 6.04 Å². The molecule has 1 unspecified atom stereocenters. The Balaban J connectivity index is 2.19. The van der Waals surface area contributed by atoms with E-state index in [1.807, 2.05) is 6.07 Å². The molecule has 0 fully saturated rings. The lowest BCUT2D eigenvalue weighted by atomic mass is 10.0. The molecule has 0 aliphatic rings. The largest absolute Gasteiger partial charge is 0.480 e. The first-order valence-corrected chi connectivity index (χ1v) is 8.86. The van der Waals surface area contributed by atoms with E-state index in [2.05, 4.69) is 10.6 Å². The van der Waals surface area contributed by atoms with Gasteiger partial charge in [-0.3, -0.25) is 4.79 Å². The summed E-state index contributed by atoms with van der Waals surface area (Å²) in [5, 5.41) is 15.8. The van der Waals surface area contributed by atoms with Crippen molar-refractivity contribution in [2.24, 2.45) is 5.92 Å². The predicted octanol–water partition coefficient (Wildman–Crippen LogP) is 4.50. The highest BCUT2D eigenvalue weighted by molar-refractivity contribution is 6.39. The molecule has 3 N–H and O–H groups in total. The van der Waals surface area contributed by atoms with E-state index in [0.29, 0.717) is 27.0 Å². The number of carbonyl (C=O) groups is 2. The molecule has 5 nitrogen and oxygen atoms in total. The highest BCUT2D eigenvalue weighted by atomic mass is 35.5. The van der Waals surface area contributed by atoms with Crippen molar-refractivity contribution < 1.29 is 14.7 Å². The van der Waals surface area contributed by atoms with E-state index < -0.39 is 12.0 Å². The van der Waals surface area contributed by atoms with Crippen LogP contribution in [0.4, 0.5) is 11.4 Å². The molecule has 2 rings (SSSR count). The summed E-state index contributed by atoms with van der Waals surface area (Å²) in [5.41, 5.74) is 1.93. The number of carboxylic acid groups (broad SMARTS) is 1. The Bertz CT molecular complexity index is 789. The zero-order chi connectivity index (χ0) is 19.3. The van der Waals surface area contributed by atoms with Crippen molar-refractivity contribution in [2.75, 3.05) is 5.32 Å². The van der Waals surface area contributed by atoms with Gasteiger partial charge in [0.2, 0.25) is 5.91 Å². The van der Waals surface area contributed by atoms with E-state index in [0.717, 1.165) is 0 Å². The Morgan fingerprint density at radius 2 is 1.65 bits per heavy atom. The maximum atomic E-state index is 12.3. The van der Waals surface area contributed by atoms with E-state index in [9.17, 15) is 14.7 Å². The molecule has 1 atom stereocenters. The fraction of sp³-hybridized carbons (Fsp3) is 0.263. The minimum atomic E-state index is -1.05. The van der Waals surface area contributed by atoms with Gasteiger partial charge in [0.05, 0.1) is 22.2 Å². The first-order valence-electron chi connectivity index (χ1n) is 8.10. The van der Waals surface area contributed by atoms with Crippen molar-refractivity contribution in [1.29, 1.82) is 0 Å². The molecule has 0 spiro atoms. The van der Waals surface area contributed by atoms with Gasteiger partial charge in [-0.1, -0.05) is 61.3 Å². The van der Waals surface area contributed by atoms with Gasteiger partial charge in [0, 0.05) is 5.69 Å². The minimum absolute atomic E-state index is 0.0295. The summed E-state index contributed by atoms with van der Waals surface area (Å²) in [4.78, 5) is 23.6. The van der Waals surface area contributed by atoms with Crippen LogP contribution in [0.15, 0.2) is 42.5 Å². The van der Waals surface area contributed by atoms with Crippen molar-refractivity contribution in [3.63, 3.8) is 0 Å². The number of para-hydroxylation sites is 2. The van der Waals surface area contributed by atoms with Gasteiger partial charge >= 0.3 is 5.97 Å². The number of aliphatic carboxylic acids is 1. The third kappa shape index (κ3) is 5.13. The maximum Gasteiger partial charge on any atom is 0.326 e. The highest BCUT2D eigenvalue weighted by Gasteiger charge is 2.23. The Morgan fingerprint density at radius 3 is 2.23 bits per heavy atom. The zero-order valence-electron chi connectivity index (χ0n) is 14.4. The summed E-state index contributed by atoms with van der Waals surface area (Å²) in [5.74, 6) is -1.64. The molecular weight excluding hydrogens is 375 g/mol. The predicted molar refractivity (Wildman–Crippen MR) is 104 cm³/mol. The molecule has 0 aromatic heterocycles. The highest BCUT2D eigenvalue weighted by Crippen LogP contribution is 2.33. The number of hydrogen-bond acceptors (Lipinski definition) is 3. The standard InChI is InChI=1S/C19H20Cl2N2O3/c1-11(2)17(19(25)26)23-16(24)10-12-6-3-4-9-15(12)22-18-13(20)7-5-8-14(18)21/h3-9,11,17,22H,10H2,1-2H3,(H,23,24)(H,25,26). The Kier molecular flexibility index (Phi) is 6.89. The summed E-state index contributed by atoms with van der Waals surface area (Å²) >= 11 is 12.4. The van der Waals surface area contributed by atoms with Crippen molar-refractivity contribution in [3.8, 4) is 0 Å². The zero-order valence-corrected chi connectivity index (χ0v) is 15.9. The SMILES string of the molecule is CC(C)C(NC(=O)Cc1ccccc1Nc1c(Cl)cccc1Cl)C(=O)O. The number of anilines is 2. The van der Waals surface area contributed by atoms with Crippen molar-refractivity contribution in [2.45, 2.75) is 26.3 Å². The van der Waals surface area contributed by atoms with Crippen molar-refractivity contribution >= 4 is 46.5 Å². The summed E-state index contributed by atoms with van der Waals surface area (Å²) < 4.78 is 0. The van der Waals surface area contributed by atoms with Gasteiger partial charge in [-0.05, 0) is 29.7 Å². The van der Waals surface area contributed by atoms with E-state index in [4.69, 9.17) is 23.2 Å². The van der Waals surface area contributed by atoms with Crippen LogP contribution in [-0.4, -0.2) is 23.0 Å². The lowest BCUT2D eigenvalue weighted by Crippen LogP contribution is -2.44. The average Bonchev–Trinajstić information content (AvgIpc) is 2.57. The van der Waals surface area contributed by atoms with Gasteiger partial charge in [-0.2, -0.15) is 0 Å². The molecule has 7 heteroatoms. The number of hydrogen-bond donors (Lipinski definition) is 3. The molecule has 1 amide bonds. The maximum absolute atomic E-state index is 12.3. The van der Waals surface area contributed by atoms with Gasteiger partial charge in [0.25, 0.3) is 0 Å². The topological polar surface area (TPSA) is 78.4 Å². The van der Waals surface area contributed by atoms with Crippen LogP contribution in [-0.2, 0) is 16.0 Å². The second kappa shape index (κ2) is 8.92. The summed E-state index contributed by atoms with van der Waals surface area (Å²) in [6.07, 6.45) is 0.0295. The molecule has 0 saturated heterocycles. The molecule has 0 heterocycles. The van der Waals surface area contributed by atoms with Gasteiger partial charge in [-0.15, -0.1) is 0 Å². The van der Waals surface area contributed by atoms with E-state index in [1.54, 1.807) is 50.2 Å². The van der Waals surface area contributed by atoms with Crippen LogP contribution in [0.3, 0.4) is 0 Å². The third-order valence-corrected chi connectivity index (χ3v) is 4.47. The minimum Gasteiger partial charge on any atom is -0.480 e. The normalized spacial score (nSPS) is 11.9. The Labute approximate surface area is 162 Å². The van der Waals surface area contributed by atoms with Gasteiger partial charge in [0.15, 0.2) is 0 Å². The Hall–Kier alpha value is -2.24.